The van der Waals surface area contributed by atoms with Crippen molar-refractivity contribution in [3.8, 4) is 11.6 Å². The number of aromatic nitrogens is 3. The minimum absolute atomic E-state index is 0.424. The summed E-state index contributed by atoms with van der Waals surface area (Å²) < 4.78 is 5.49. The van der Waals surface area contributed by atoms with E-state index in [9.17, 15) is 0 Å². The summed E-state index contributed by atoms with van der Waals surface area (Å²) in [5.41, 5.74) is 2.45. The number of ether oxygens (including phenoxy) is 1. The van der Waals surface area contributed by atoms with Crippen LogP contribution in [-0.4, -0.2) is 15.0 Å². The fraction of sp³-hybridized carbons (Fsp3) is 0.100. The molecule has 0 aromatic carbocycles. The number of pyridine rings is 1. The molecule has 6 heteroatoms. The minimum atomic E-state index is 0.424. The van der Waals surface area contributed by atoms with Gasteiger partial charge in [0.1, 0.15) is 17.4 Å². The fourth-order valence-electron chi connectivity index (χ4n) is 1.19. The molecule has 2 rings (SSSR count). The van der Waals surface area contributed by atoms with Crippen LogP contribution in [0.4, 0.5) is 5.82 Å². The number of nitrogens with zero attached hydrogens (tertiary/aromatic N) is 3. The Balaban J connectivity index is 2.24. The van der Waals surface area contributed by atoms with Gasteiger partial charge in [0.25, 0.3) is 0 Å². The van der Waals surface area contributed by atoms with Gasteiger partial charge in [0.2, 0.25) is 5.88 Å². The lowest BCUT2D eigenvalue weighted by Crippen LogP contribution is -2.09. The zero-order valence-corrected chi connectivity index (χ0v) is 8.71. The van der Waals surface area contributed by atoms with E-state index < -0.39 is 0 Å². The van der Waals surface area contributed by atoms with Crippen LogP contribution in [0.2, 0.25) is 0 Å². The van der Waals surface area contributed by atoms with Gasteiger partial charge in [-0.25, -0.2) is 10.8 Å². The number of nitrogens with two attached hydrogens (primary N) is 1. The quantitative estimate of drug-likeness (QED) is 0.594. The van der Waals surface area contributed by atoms with Crippen LogP contribution in [0.5, 0.6) is 11.6 Å². The highest BCUT2D eigenvalue weighted by Gasteiger charge is 2.02. The largest absolute Gasteiger partial charge is 0.437 e. The number of hydrogen-bond donors (Lipinski definition) is 2. The van der Waals surface area contributed by atoms with Crippen molar-refractivity contribution in [1.82, 2.24) is 15.0 Å². The number of aryl methyl sites for hydroxylation is 1. The standard InChI is InChI=1S/C10H11N5O/c1-7-13-9(15-11)5-10(14-7)16-8-3-2-4-12-6-8/h2-6H,11H2,1H3,(H,13,14,15). The number of rotatable bonds is 3. The first-order valence-corrected chi connectivity index (χ1v) is 4.68. The minimum Gasteiger partial charge on any atom is -0.437 e. The molecular formula is C10H11N5O. The number of hydrogen-bond acceptors (Lipinski definition) is 6. The third-order valence-electron chi connectivity index (χ3n) is 1.82. The molecule has 0 bridgehead atoms. The van der Waals surface area contributed by atoms with Crippen LogP contribution in [0.15, 0.2) is 30.6 Å². The van der Waals surface area contributed by atoms with Crippen molar-refractivity contribution < 1.29 is 4.74 Å². The van der Waals surface area contributed by atoms with Crippen LogP contribution in [0.25, 0.3) is 0 Å². The summed E-state index contributed by atoms with van der Waals surface area (Å²) in [5, 5.41) is 0. The van der Waals surface area contributed by atoms with Crippen molar-refractivity contribution >= 4 is 5.82 Å². The first kappa shape index (κ1) is 10.3. The lowest BCUT2D eigenvalue weighted by molar-refractivity contribution is 0.458. The van der Waals surface area contributed by atoms with E-state index in [0.717, 1.165) is 0 Å². The van der Waals surface area contributed by atoms with Crippen molar-refractivity contribution in [2.45, 2.75) is 6.92 Å². The average Bonchev–Trinajstić information content (AvgIpc) is 2.29. The lowest BCUT2D eigenvalue weighted by Gasteiger charge is -2.06. The number of nitrogen functional groups attached to an aromatic ring is 1. The SMILES string of the molecule is Cc1nc(NN)cc(Oc2cccnc2)n1. The van der Waals surface area contributed by atoms with Gasteiger partial charge in [0.15, 0.2) is 0 Å². The third kappa shape index (κ3) is 2.43. The van der Waals surface area contributed by atoms with Crippen molar-refractivity contribution in [1.29, 1.82) is 0 Å². The van der Waals surface area contributed by atoms with E-state index in [4.69, 9.17) is 10.6 Å². The van der Waals surface area contributed by atoms with Gasteiger partial charge >= 0.3 is 0 Å². The first-order valence-electron chi connectivity index (χ1n) is 4.68. The Morgan fingerprint density at radius 3 is 2.94 bits per heavy atom. The molecule has 0 aliphatic rings. The molecule has 2 heterocycles. The molecule has 0 aliphatic heterocycles. The molecule has 0 amide bonds. The number of anilines is 1. The highest BCUT2D eigenvalue weighted by Crippen LogP contribution is 2.19. The van der Waals surface area contributed by atoms with E-state index in [2.05, 4.69) is 20.4 Å². The molecule has 82 valence electrons. The molecule has 0 fully saturated rings. The molecule has 3 N–H and O–H groups in total. The van der Waals surface area contributed by atoms with Crippen LogP contribution < -0.4 is 16.0 Å². The maximum Gasteiger partial charge on any atom is 0.224 e. The molecule has 0 saturated heterocycles. The summed E-state index contributed by atoms with van der Waals surface area (Å²) in [4.78, 5) is 12.1. The highest BCUT2D eigenvalue weighted by molar-refractivity contribution is 5.38. The van der Waals surface area contributed by atoms with Gasteiger partial charge in [-0.15, -0.1) is 0 Å². The fourth-order valence-corrected chi connectivity index (χ4v) is 1.19. The smallest absolute Gasteiger partial charge is 0.224 e. The maximum atomic E-state index is 5.49. The van der Waals surface area contributed by atoms with Crippen LogP contribution in [-0.2, 0) is 0 Å². The summed E-state index contributed by atoms with van der Waals surface area (Å²) >= 11 is 0. The summed E-state index contributed by atoms with van der Waals surface area (Å²) in [6.07, 6.45) is 3.28. The zero-order chi connectivity index (χ0) is 11.4. The molecule has 2 aromatic heterocycles. The predicted molar refractivity (Wildman–Crippen MR) is 58.9 cm³/mol. The third-order valence-corrected chi connectivity index (χ3v) is 1.82. The second kappa shape index (κ2) is 4.54. The van der Waals surface area contributed by atoms with E-state index in [1.807, 2.05) is 0 Å². The molecule has 0 atom stereocenters. The molecule has 0 unspecified atom stereocenters. The Kier molecular flexibility index (Phi) is 2.93. The molecule has 0 radical (unpaired) electrons. The van der Waals surface area contributed by atoms with Crippen molar-refractivity contribution in [2.75, 3.05) is 5.43 Å². The Morgan fingerprint density at radius 1 is 1.38 bits per heavy atom. The van der Waals surface area contributed by atoms with Crippen LogP contribution in [0, 0.1) is 6.92 Å². The summed E-state index contributed by atoms with van der Waals surface area (Å²) in [6.45, 7) is 1.76. The van der Waals surface area contributed by atoms with E-state index >= 15 is 0 Å². The van der Waals surface area contributed by atoms with Gasteiger partial charge in [-0.1, -0.05) is 0 Å². The topological polar surface area (TPSA) is 86.0 Å². The van der Waals surface area contributed by atoms with Crippen LogP contribution >= 0.6 is 0 Å². The molecule has 2 aromatic rings. The van der Waals surface area contributed by atoms with Gasteiger partial charge < -0.3 is 10.2 Å². The first-order chi connectivity index (χ1) is 7.78. The van der Waals surface area contributed by atoms with Crippen molar-refractivity contribution in [2.24, 2.45) is 5.84 Å². The molecule has 0 spiro atoms. The summed E-state index contributed by atoms with van der Waals surface area (Å²) in [5.74, 6) is 7.40. The molecule has 0 aliphatic carbocycles. The maximum absolute atomic E-state index is 5.49. The van der Waals surface area contributed by atoms with E-state index in [1.54, 1.807) is 37.5 Å². The second-order valence-electron chi connectivity index (χ2n) is 3.07. The normalized spacial score (nSPS) is 9.88. The lowest BCUT2D eigenvalue weighted by atomic mass is 10.4. The van der Waals surface area contributed by atoms with E-state index in [-0.39, 0.29) is 0 Å². The predicted octanol–water partition coefficient (Wildman–Crippen LogP) is 1.26. The zero-order valence-electron chi connectivity index (χ0n) is 8.71. The van der Waals surface area contributed by atoms with Gasteiger partial charge in [0, 0.05) is 12.3 Å². The molecular weight excluding hydrogens is 206 g/mol. The van der Waals surface area contributed by atoms with Gasteiger partial charge in [0.05, 0.1) is 6.20 Å². The van der Waals surface area contributed by atoms with Crippen LogP contribution in [0.1, 0.15) is 5.82 Å². The molecule has 6 nitrogen and oxygen atoms in total. The Morgan fingerprint density at radius 2 is 2.25 bits per heavy atom. The summed E-state index contributed by atoms with van der Waals surface area (Å²) in [6, 6.07) is 5.19. The van der Waals surface area contributed by atoms with E-state index in [0.29, 0.717) is 23.3 Å². The number of nitrogens with one attached hydrogen (secondary N) is 1. The highest BCUT2D eigenvalue weighted by atomic mass is 16.5. The molecule has 0 saturated carbocycles. The number of hydrazine groups is 1. The van der Waals surface area contributed by atoms with Crippen molar-refractivity contribution in [3.63, 3.8) is 0 Å². The Bertz CT molecular complexity index is 474. The Labute approximate surface area is 92.5 Å². The van der Waals surface area contributed by atoms with Gasteiger partial charge in [-0.05, 0) is 19.1 Å². The van der Waals surface area contributed by atoms with Crippen molar-refractivity contribution in [3.05, 3.63) is 36.4 Å². The van der Waals surface area contributed by atoms with Crippen LogP contribution in [0.3, 0.4) is 0 Å². The average molecular weight is 217 g/mol. The van der Waals surface area contributed by atoms with Gasteiger partial charge in [-0.2, -0.15) is 4.98 Å². The van der Waals surface area contributed by atoms with E-state index in [1.165, 1.54) is 0 Å². The van der Waals surface area contributed by atoms with Gasteiger partial charge in [-0.3, -0.25) is 4.98 Å². The molecule has 16 heavy (non-hydrogen) atoms. The monoisotopic (exact) mass is 217 g/mol. The summed E-state index contributed by atoms with van der Waals surface area (Å²) in [7, 11) is 0. The second-order valence-corrected chi connectivity index (χ2v) is 3.07. The Hall–Kier alpha value is -2.21.